The van der Waals surface area contributed by atoms with Crippen molar-refractivity contribution in [2.75, 3.05) is 5.73 Å². The van der Waals surface area contributed by atoms with Crippen molar-refractivity contribution in [1.29, 1.82) is 0 Å². The topological polar surface area (TPSA) is 67.6 Å². The molecule has 0 saturated carbocycles. The molecule has 0 amide bonds. The Kier molecular flexibility index (Phi) is 2.79. The zero-order chi connectivity index (χ0) is 11.0. The van der Waals surface area contributed by atoms with E-state index in [1.165, 1.54) is 0 Å². The quantitative estimate of drug-likeness (QED) is 0.789. The molecule has 0 aliphatic rings. The molecule has 6 heteroatoms. The van der Waals surface area contributed by atoms with Crippen LogP contribution in [0, 0.1) is 6.92 Å². The van der Waals surface area contributed by atoms with Gasteiger partial charge in [-0.3, -0.25) is 5.10 Å². The zero-order valence-electron chi connectivity index (χ0n) is 7.88. The number of rotatable bonds is 1. The van der Waals surface area contributed by atoms with E-state index in [0.717, 1.165) is 20.3 Å². The summed E-state index contributed by atoms with van der Waals surface area (Å²) >= 11 is 6.78. The summed E-state index contributed by atoms with van der Waals surface area (Å²) < 4.78 is 1.76. The summed E-state index contributed by atoms with van der Waals surface area (Å²) in [6.45, 7) is 1.85. The Morgan fingerprint density at radius 3 is 2.67 bits per heavy atom. The lowest BCUT2D eigenvalue weighted by molar-refractivity contribution is 1.04. The number of nitrogens with two attached hydrogens (primary N) is 1. The van der Waals surface area contributed by atoms with Crippen LogP contribution < -0.4 is 5.73 Å². The first-order valence-electron chi connectivity index (χ1n) is 4.22. The van der Waals surface area contributed by atoms with Crippen molar-refractivity contribution in [3.63, 3.8) is 0 Å². The molecule has 0 unspecified atom stereocenters. The van der Waals surface area contributed by atoms with Crippen LogP contribution in [0.25, 0.3) is 11.4 Å². The Morgan fingerprint density at radius 1 is 1.33 bits per heavy atom. The molecule has 2 rings (SSSR count). The Hall–Kier alpha value is -0.880. The van der Waals surface area contributed by atoms with E-state index >= 15 is 0 Å². The van der Waals surface area contributed by atoms with Crippen LogP contribution in [-0.2, 0) is 0 Å². The van der Waals surface area contributed by atoms with Gasteiger partial charge in [0.15, 0.2) is 5.82 Å². The molecule has 78 valence electrons. The average molecular weight is 332 g/mol. The van der Waals surface area contributed by atoms with Gasteiger partial charge >= 0.3 is 0 Å². The first kappa shape index (κ1) is 10.6. The minimum Gasteiger partial charge on any atom is -0.397 e. The molecule has 2 aromatic rings. The second-order valence-corrected chi connectivity index (χ2v) is 4.86. The number of hydrogen-bond donors (Lipinski definition) is 2. The Bertz CT molecular complexity index is 507. The van der Waals surface area contributed by atoms with Gasteiger partial charge in [-0.25, -0.2) is 4.98 Å². The van der Waals surface area contributed by atoms with E-state index in [1.807, 2.05) is 19.1 Å². The van der Waals surface area contributed by atoms with Crippen molar-refractivity contribution in [1.82, 2.24) is 15.2 Å². The number of benzene rings is 1. The SMILES string of the molecule is Cc1nc(-c2cc(Br)cc(Br)c2N)n[nH]1. The first-order chi connectivity index (χ1) is 7.08. The van der Waals surface area contributed by atoms with E-state index in [2.05, 4.69) is 47.0 Å². The predicted octanol–water partition coefficient (Wildman–Crippen LogP) is 2.89. The van der Waals surface area contributed by atoms with Crippen molar-refractivity contribution in [2.45, 2.75) is 6.92 Å². The highest BCUT2D eigenvalue weighted by Crippen LogP contribution is 2.33. The number of nitrogens with one attached hydrogen (secondary N) is 1. The molecule has 1 aromatic heterocycles. The van der Waals surface area contributed by atoms with Crippen molar-refractivity contribution < 1.29 is 0 Å². The van der Waals surface area contributed by atoms with Gasteiger partial charge < -0.3 is 5.73 Å². The summed E-state index contributed by atoms with van der Waals surface area (Å²) in [5.74, 6) is 1.37. The number of H-pyrrole nitrogens is 1. The normalized spacial score (nSPS) is 10.6. The molecule has 0 fully saturated rings. The number of anilines is 1. The molecule has 3 N–H and O–H groups in total. The number of aromatic amines is 1. The molecule has 1 aromatic carbocycles. The minimum absolute atomic E-state index is 0.604. The summed E-state index contributed by atoms with van der Waals surface area (Å²) in [5.41, 5.74) is 7.37. The number of nitrogens with zero attached hydrogens (tertiary/aromatic N) is 2. The van der Waals surface area contributed by atoms with Crippen molar-refractivity contribution in [3.05, 3.63) is 26.9 Å². The maximum atomic E-state index is 5.93. The van der Waals surface area contributed by atoms with E-state index in [4.69, 9.17) is 5.73 Å². The largest absolute Gasteiger partial charge is 0.397 e. The molecule has 0 radical (unpaired) electrons. The molecular formula is C9H8Br2N4. The van der Waals surface area contributed by atoms with Gasteiger partial charge in [-0.2, -0.15) is 5.10 Å². The summed E-state index contributed by atoms with van der Waals surface area (Å²) in [6.07, 6.45) is 0. The Balaban J connectivity index is 2.62. The maximum absolute atomic E-state index is 5.93. The second-order valence-electron chi connectivity index (χ2n) is 3.09. The Morgan fingerprint density at radius 2 is 2.07 bits per heavy atom. The number of aryl methyl sites for hydroxylation is 1. The molecule has 0 bridgehead atoms. The molecule has 0 spiro atoms. The standard InChI is InChI=1S/C9H8Br2N4/c1-4-13-9(15-14-4)6-2-5(10)3-7(11)8(6)12/h2-3H,12H2,1H3,(H,13,14,15). The molecule has 0 aliphatic carbocycles. The molecule has 1 heterocycles. The monoisotopic (exact) mass is 330 g/mol. The van der Waals surface area contributed by atoms with Crippen LogP contribution in [0.2, 0.25) is 0 Å². The maximum Gasteiger partial charge on any atom is 0.183 e. The van der Waals surface area contributed by atoms with Crippen molar-refractivity contribution in [3.8, 4) is 11.4 Å². The smallest absolute Gasteiger partial charge is 0.183 e. The van der Waals surface area contributed by atoms with Gasteiger partial charge in [-0.15, -0.1) is 0 Å². The predicted molar refractivity (Wildman–Crippen MR) is 66.4 cm³/mol. The fraction of sp³-hybridized carbons (Fsp3) is 0.111. The van der Waals surface area contributed by atoms with Gasteiger partial charge in [0.1, 0.15) is 5.82 Å². The van der Waals surface area contributed by atoms with Crippen LogP contribution in [0.4, 0.5) is 5.69 Å². The molecular weight excluding hydrogens is 324 g/mol. The zero-order valence-corrected chi connectivity index (χ0v) is 11.1. The molecule has 15 heavy (non-hydrogen) atoms. The average Bonchev–Trinajstić information content (AvgIpc) is 2.58. The van der Waals surface area contributed by atoms with Crippen molar-refractivity contribution >= 4 is 37.5 Å². The molecule has 0 aliphatic heterocycles. The van der Waals surface area contributed by atoms with Gasteiger partial charge in [0.25, 0.3) is 0 Å². The lowest BCUT2D eigenvalue weighted by atomic mass is 10.2. The van der Waals surface area contributed by atoms with Crippen LogP contribution >= 0.6 is 31.9 Å². The van der Waals surface area contributed by atoms with Crippen LogP contribution in [0.1, 0.15) is 5.82 Å². The number of hydrogen-bond acceptors (Lipinski definition) is 3. The van der Waals surface area contributed by atoms with Gasteiger partial charge in [0.2, 0.25) is 0 Å². The highest BCUT2D eigenvalue weighted by atomic mass is 79.9. The van der Waals surface area contributed by atoms with E-state index in [1.54, 1.807) is 0 Å². The third-order valence-electron chi connectivity index (χ3n) is 1.93. The highest BCUT2D eigenvalue weighted by Gasteiger charge is 2.11. The fourth-order valence-corrected chi connectivity index (χ4v) is 2.46. The summed E-state index contributed by atoms with van der Waals surface area (Å²) in [4.78, 5) is 4.24. The fourth-order valence-electron chi connectivity index (χ4n) is 1.23. The summed E-state index contributed by atoms with van der Waals surface area (Å²) in [5, 5.41) is 6.86. The van der Waals surface area contributed by atoms with Gasteiger partial charge in [-0.1, -0.05) is 15.9 Å². The van der Waals surface area contributed by atoms with E-state index in [9.17, 15) is 0 Å². The van der Waals surface area contributed by atoms with Gasteiger partial charge in [0, 0.05) is 14.5 Å². The van der Waals surface area contributed by atoms with E-state index in [-0.39, 0.29) is 0 Å². The molecule has 0 saturated heterocycles. The Labute approximate surface area is 104 Å². The number of nitrogen functional groups attached to an aromatic ring is 1. The minimum atomic E-state index is 0.604. The van der Waals surface area contributed by atoms with Crippen molar-refractivity contribution in [2.24, 2.45) is 0 Å². The van der Waals surface area contributed by atoms with Crippen LogP contribution in [0.15, 0.2) is 21.1 Å². The van der Waals surface area contributed by atoms with Gasteiger partial charge in [-0.05, 0) is 35.0 Å². The lowest BCUT2D eigenvalue weighted by Gasteiger charge is -2.04. The summed E-state index contributed by atoms with van der Waals surface area (Å²) in [7, 11) is 0. The number of aromatic nitrogens is 3. The molecule has 0 atom stereocenters. The second kappa shape index (κ2) is 3.94. The third kappa shape index (κ3) is 2.05. The van der Waals surface area contributed by atoms with Gasteiger partial charge in [0.05, 0.1) is 5.69 Å². The van der Waals surface area contributed by atoms with E-state index in [0.29, 0.717) is 11.5 Å². The highest BCUT2D eigenvalue weighted by molar-refractivity contribution is 9.11. The van der Waals surface area contributed by atoms with Crippen LogP contribution in [0.3, 0.4) is 0 Å². The third-order valence-corrected chi connectivity index (χ3v) is 3.05. The van der Waals surface area contributed by atoms with Crippen LogP contribution in [0.5, 0.6) is 0 Å². The van der Waals surface area contributed by atoms with Crippen LogP contribution in [-0.4, -0.2) is 15.2 Å². The first-order valence-corrected chi connectivity index (χ1v) is 5.80. The summed E-state index contributed by atoms with van der Waals surface area (Å²) in [6, 6.07) is 3.78. The lowest BCUT2D eigenvalue weighted by Crippen LogP contribution is -1.93. The van der Waals surface area contributed by atoms with E-state index < -0.39 is 0 Å². The number of halogens is 2. The molecule has 4 nitrogen and oxygen atoms in total.